The molecule has 0 saturated heterocycles. The molecule has 1 atom stereocenters. The molecule has 34 heavy (non-hydrogen) atoms. The highest BCUT2D eigenvalue weighted by atomic mass is 16.5. The summed E-state index contributed by atoms with van der Waals surface area (Å²) in [5.74, 6) is -2.07. The topological polar surface area (TPSA) is 142 Å². The summed E-state index contributed by atoms with van der Waals surface area (Å²) in [6.45, 7) is 4.92. The van der Waals surface area contributed by atoms with Crippen LogP contribution < -0.4 is 16.0 Å². The summed E-state index contributed by atoms with van der Waals surface area (Å²) >= 11 is 0. The van der Waals surface area contributed by atoms with Crippen molar-refractivity contribution in [3.05, 3.63) is 59.3 Å². The first kappa shape index (κ1) is 24.4. The normalized spacial score (nSPS) is 11.5. The minimum absolute atomic E-state index is 0.0192. The number of benzene rings is 2. The lowest BCUT2D eigenvalue weighted by Crippen LogP contribution is -2.40. The third-order valence-electron chi connectivity index (χ3n) is 5.15. The summed E-state index contributed by atoms with van der Waals surface area (Å²) in [4.78, 5) is 48.7. The number of fused-ring (bicyclic) bond motifs is 1. The van der Waals surface area contributed by atoms with Gasteiger partial charge in [0, 0.05) is 17.6 Å². The predicted octanol–water partition coefficient (Wildman–Crippen LogP) is 1.99. The van der Waals surface area contributed by atoms with Crippen molar-refractivity contribution in [3.8, 4) is 0 Å². The number of amides is 3. The standard InChI is InChI=1S/C24H27N5O5/c1-14-7-6-8-15(2)21(14)27-19(30)13-26-23(32)16(3)34-20(31)11-12-25-24(33)22-17-9-4-5-10-18(17)28-29-22/h4-10,16H,11-13H2,1-3H3,(H,25,33)(H,26,32)(H,27,30)(H,28,29). The smallest absolute Gasteiger partial charge is 0.308 e. The van der Waals surface area contributed by atoms with Crippen molar-refractivity contribution in [1.82, 2.24) is 20.8 Å². The van der Waals surface area contributed by atoms with Crippen LogP contribution >= 0.6 is 0 Å². The van der Waals surface area contributed by atoms with Crippen molar-refractivity contribution in [2.24, 2.45) is 0 Å². The maximum absolute atomic E-state index is 12.3. The Morgan fingerprint density at radius 2 is 1.71 bits per heavy atom. The average molecular weight is 466 g/mol. The fourth-order valence-electron chi connectivity index (χ4n) is 3.31. The van der Waals surface area contributed by atoms with Crippen LogP contribution in [0.5, 0.6) is 0 Å². The lowest BCUT2D eigenvalue weighted by atomic mass is 10.1. The number of rotatable bonds is 9. The van der Waals surface area contributed by atoms with E-state index in [0.29, 0.717) is 11.1 Å². The van der Waals surface area contributed by atoms with E-state index in [0.717, 1.165) is 16.6 Å². The quantitative estimate of drug-likeness (QED) is 0.356. The van der Waals surface area contributed by atoms with Gasteiger partial charge in [0.1, 0.15) is 0 Å². The molecule has 2 aromatic carbocycles. The highest BCUT2D eigenvalue weighted by molar-refractivity contribution is 6.04. The second-order valence-electron chi connectivity index (χ2n) is 7.79. The van der Waals surface area contributed by atoms with E-state index in [1.54, 1.807) is 18.2 Å². The molecule has 0 bridgehead atoms. The van der Waals surface area contributed by atoms with Gasteiger partial charge in [0.05, 0.1) is 18.5 Å². The Balaban J connectivity index is 1.38. The molecule has 3 amide bonds. The van der Waals surface area contributed by atoms with E-state index >= 15 is 0 Å². The number of carbonyl (C=O) groups excluding carboxylic acids is 4. The summed E-state index contributed by atoms with van der Waals surface area (Å²) in [6, 6.07) is 12.8. The van der Waals surface area contributed by atoms with E-state index in [4.69, 9.17) is 4.74 Å². The molecule has 0 aliphatic carbocycles. The van der Waals surface area contributed by atoms with Crippen LogP contribution in [0.25, 0.3) is 10.9 Å². The number of aromatic nitrogens is 2. The number of carbonyl (C=O) groups is 4. The van der Waals surface area contributed by atoms with Gasteiger partial charge in [-0.2, -0.15) is 5.10 Å². The Hall–Kier alpha value is -4.21. The minimum atomic E-state index is -1.09. The third-order valence-corrected chi connectivity index (χ3v) is 5.15. The van der Waals surface area contributed by atoms with Gasteiger partial charge in [-0.05, 0) is 38.0 Å². The maximum atomic E-state index is 12.3. The number of ether oxygens (including phenoxy) is 1. The van der Waals surface area contributed by atoms with Gasteiger partial charge in [0.15, 0.2) is 11.8 Å². The number of nitrogens with zero attached hydrogens (tertiary/aromatic N) is 1. The first-order chi connectivity index (χ1) is 16.3. The van der Waals surface area contributed by atoms with E-state index in [9.17, 15) is 19.2 Å². The SMILES string of the molecule is Cc1cccc(C)c1NC(=O)CNC(=O)C(C)OC(=O)CCNC(=O)c1n[nH]c2ccccc12. The van der Waals surface area contributed by atoms with Gasteiger partial charge >= 0.3 is 5.97 Å². The Kier molecular flexibility index (Phi) is 7.96. The van der Waals surface area contributed by atoms with Gasteiger partial charge in [0.2, 0.25) is 5.91 Å². The number of anilines is 1. The van der Waals surface area contributed by atoms with Crippen LogP contribution in [0.2, 0.25) is 0 Å². The number of esters is 1. The van der Waals surface area contributed by atoms with E-state index in [1.807, 2.05) is 38.1 Å². The number of nitrogens with one attached hydrogen (secondary N) is 4. The summed E-state index contributed by atoms with van der Waals surface area (Å²) in [7, 11) is 0. The zero-order valence-corrected chi connectivity index (χ0v) is 19.2. The van der Waals surface area contributed by atoms with Crippen molar-refractivity contribution in [2.75, 3.05) is 18.4 Å². The maximum Gasteiger partial charge on any atom is 0.308 e. The van der Waals surface area contributed by atoms with Crippen LogP contribution in [0.1, 0.15) is 35.0 Å². The molecule has 1 aromatic heterocycles. The fraction of sp³-hybridized carbons (Fsp3) is 0.292. The molecule has 178 valence electrons. The molecule has 0 aliphatic rings. The predicted molar refractivity (Wildman–Crippen MR) is 126 cm³/mol. The lowest BCUT2D eigenvalue weighted by Gasteiger charge is -2.15. The number of hydrogen-bond acceptors (Lipinski definition) is 6. The second-order valence-corrected chi connectivity index (χ2v) is 7.79. The molecular weight excluding hydrogens is 438 g/mol. The number of aromatic amines is 1. The summed E-state index contributed by atoms with van der Waals surface area (Å²) in [5, 5.41) is 15.3. The van der Waals surface area contributed by atoms with Crippen LogP contribution in [0.15, 0.2) is 42.5 Å². The van der Waals surface area contributed by atoms with Gasteiger partial charge in [0.25, 0.3) is 11.8 Å². The Labute approximate surface area is 196 Å². The average Bonchev–Trinajstić information content (AvgIpc) is 3.24. The molecule has 0 radical (unpaired) electrons. The van der Waals surface area contributed by atoms with E-state index < -0.39 is 29.8 Å². The summed E-state index contributed by atoms with van der Waals surface area (Å²) in [6.07, 6.45) is -1.22. The molecule has 0 fully saturated rings. The summed E-state index contributed by atoms with van der Waals surface area (Å²) < 4.78 is 5.09. The molecule has 1 heterocycles. The van der Waals surface area contributed by atoms with Gasteiger partial charge in [-0.3, -0.25) is 24.3 Å². The van der Waals surface area contributed by atoms with Gasteiger partial charge in [-0.1, -0.05) is 36.4 Å². The Morgan fingerprint density at radius 1 is 1.00 bits per heavy atom. The second kappa shape index (κ2) is 11.1. The molecule has 3 rings (SSSR count). The molecule has 4 N–H and O–H groups in total. The van der Waals surface area contributed by atoms with Crippen molar-refractivity contribution < 1.29 is 23.9 Å². The van der Waals surface area contributed by atoms with Crippen molar-refractivity contribution in [3.63, 3.8) is 0 Å². The van der Waals surface area contributed by atoms with Crippen LogP contribution in [0.4, 0.5) is 5.69 Å². The molecule has 0 saturated carbocycles. The van der Waals surface area contributed by atoms with Crippen molar-refractivity contribution >= 4 is 40.3 Å². The number of H-pyrrole nitrogens is 1. The summed E-state index contributed by atoms with van der Waals surface area (Å²) in [5.41, 5.74) is 3.49. The highest BCUT2D eigenvalue weighted by Gasteiger charge is 2.19. The number of para-hydroxylation sites is 2. The van der Waals surface area contributed by atoms with E-state index in [2.05, 4.69) is 26.1 Å². The van der Waals surface area contributed by atoms with Crippen molar-refractivity contribution in [1.29, 1.82) is 0 Å². The number of hydrogen-bond donors (Lipinski definition) is 4. The van der Waals surface area contributed by atoms with Crippen LogP contribution in [-0.2, 0) is 19.1 Å². The number of aryl methyl sites for hydroxylation is 2. The van der Waals surface area contributed by atoms with Crippen LogP contribution in [0.3, 0.4) is 0 Å². The minimum Gasteiger partial charge on any atom is -0.452 e. The molecule has 3 aromatic rings. The van der Waals surface area contributed by atoms with Crippen LogP contribution in [-0.4, -0.2) is 53.1 Å². The Bertz CT molecular complexity index is 1200. The van der Waals surface area contributed by atoms with E-state index in [-0.39, 0.29) is 25.2 Å². The molecule has 10 nitrogen and oxygen atoms in total. The first-order valence-electron chi connectivity index (χ1n) is 10.8. The van der Waals surface area contributed by atoms with Gasteiger partial charge < -0.3 is 20.7 Å². The zero-order valence-electron chi connectivity index (χ0n) is 19.2. The van der Waals surface area contributed by atoms with E-state index in [1.165, 1.54) is 6.92 Å². The Morgan fingerprint density at radius 3 is 2.44 bits per heavy atom. The van der Waals surface area contributed by atoms with Crippen LogP contribution in [0, 0.1) is 13.8 Å². The highest BCUT2D eigenvalue weighted by Crippen LogP contribution is 2.19. The van der Waals surface area contributed by atoms with Gasteiger partial charge in [-0.25, -0.2) is 0 Å². The van der Waals surface area contributed by atoms with Gasteiger partial charge in [-0.15, -0.1) is 0 Å². The monoisotopic (exact) mass is 465 g/mol. The molecular formula is C24H27N5O5. The molecule has 1 unspecified atom stereocenters. The first-order valence-corrected chi connectivity index (χ1v) is 10.8. The molecule has 0 spiro atoms. The molecule has 10 heteroatoms. The molecule has 0 aliphatic heterocycles. The lowest BCUT2D eigenvalue weighted by molar-refractivity contribution is -0.154. The fourth-order valence-corrected chi connectivity index (χ4v) is 3.31. The zero-order chi connectivity index (χ0) is 24.7. The third kappa shape index (κ3) is 6.18. The van der Waals surface area contributed by atoms with Crippen molar-refractivity contribution in [2.45, 2.75) is 33.3 Å². The largest absolute Gasteiger partial charge is 0.452 e.